The van der Waals surface area contributed by atoms with Crippen LogP contribution >= 0.6 is 11.3 Å². The molecule has 1 heterocycles. The van der Waals surface area contributed by atoms with Gasteiger partial charge in [-0.25, -0.2) is 0 Å². The molecule has 0 fully saturated rings. The molecule has 1 aliphatic carbocycles. The summed E-state index contributed by atoms with van der Waals surface area (Å²) in [5.41, 5.74) is 13.3. The number of hydrogen-bond acceptors (Lipinski definition) is 4. The summed E-state index contributed by atoms with van der Waals surface area (Å²) in [5, 5.41) is 18.5. The highest BCUT2D eigenvalue weighted by molar-refractivity contribution is 7.16. The van der Waals surface area contributed by atoms with E-state index < -0.39 is 0 Å². The Morgan fingerprint density at radius 2 is 1.33 bits per heavy atom. The third kappa shape index (κ3) is 4.61. The van der Waals surface area contributed by atoms with Crippen LogP contribution in [0.2, 0.25) is 0 Å². The summed E-state index contributed by atoms with van der Waals surface area (Å²) in [6.07, 6.45) is 1.69. The van der Waals surface area contributed by atoms with Crippen molar-refractivity contribution in [3.05, 3.63) is 129 Å². The molecule has 204 valence electrons. The molecule has 4 heteroatoms. The highest BCUT2D eigenvalue weighted by atomic mass is 32.1. The van der Waals surface area contributed by atoms with Crippen LogP contribution in [-0.4, -0.2) is 0 Å². The average molecular weight is 562 g/mol. The Labute approximate surface area is 252 Å². The highest BCUT2D eigenvalue weighted by Gasteiger charge is 2.38. The van der Waals surface area contributed by atoms with E-state index in [1.165, 1.54) is 49.4 Å². The molecule has 6 rings (SSSR count). The first kappa shape index (κ1) is 27.3. The van der Waals surface area contributed by atoms with E-state index >= 15 is 0 Å². The first-order valence-electron chi connectivity index (χ1n) is 14.1. The molecule has 5 aromatic rings. The number of anilines is 3. The van der Waals surface area contributed by atoms with Gasteiger partial charge in [-0.2, -0.15) is 10.5 Å². The minimum absolute atomic E-state index is 0.126. The number of nitriles is 2. The zero-order valence-electron chi connectivity index (χ0n) is 24.5. The predicted molar refractivity (Wildman–Crippen MR) is 175 cm³/mol. The van der Waals surface area contributed by atoms with Crippen molar-refractivity contribution in [2.75, 3.05) is 4.90 Å². The molecule has 1 aliphatic rings. The summed E-state index contributed by atoms with van der Waals surface area (Å²) in [5.74, 6) is 0. The SMILES string of the molecule is Cc1cc(N(c2ccc(-c3ccccc3)cc2)c2ccc3c(c2)C(C)(C)c2cc(C=C(C#N)C#N)sc2-3)cc(C)c1C. The van der Waals surface area contributed by atoms with Crippen LogP contribution in [0.5, 0.6) is 0 Å². The Bertz CT molecular complexity index is 1910. The minimum atomic E-state index is -0.218. The van der Waals surface area contributed by atoms with Gasteiger partial charge in [0.15, 0.2) is 0 Å². The fourth-order valence-electron chi connectivity index (χ4n) is 5.93. The van der Waals surface area contributed by atoms with Crippen molar-refractivity contribution in [3.8, 4) is 33.7 Å². The van der Waals surface area contributed by atoms with Crippen LogP contribution in [0.4, 0.5) is 17.1 Å². The fraction of sp³-hybridized carbons (Fsp3) is 0.158. The maximum Gasteiger partial charge on any atom is 0.131 e. The van der Waals surface area contributed by atoms with Gasteiger partial charge in [-0.05, 0) is 114 Å². The second kappa shape index (κ2) is 10.5. The Balaban J connectivity index is 1.48. The molecule has 0 bridgehead atoms. The molecule has 0 spiro atoms. The van der Waals surface area contributed by atoms with Crippen molar-refractivity contribution < 1.29 is 0 Å². The van der Waals surface area contributed by atoms with Crippen molar-refractivity contribution in [2.45, 2.75) is 40.0 Å². The van der Waals surface area contributed by atoms with E-state index in [4.69, 9.17) is 0 Å². The third-order valence-electron chi connectivity index (χ3n) is 8.53. The quantitative estimate of drug-likeness (QED) is 0.201. The molecule has 0 unspecified atom stereocenters. The first-order chi connectivity index (χ1) is 20.2. The summed E-state index contributed by atoms with van der Waals surface area (Å²) in [7, 11) is 0. The smallest absolute Gasteiger partial charge is 0.131 e. The van der Waals surface area contributed by atoms with Gasteiger partial charge in [0.2, 0.25) is 0 Å². The van der Waals surface area contributed by atoms with Crippen molar-refractivity contribution >= 4 is 34.5 Å². The number of aryl methyl sites for hydroxylation is 2. The topological polar surface area (TPSA) is 50.8 Å². The molecule has 0 aliphatic heterocycles. The van der Waals surface area contributed by atoms with Gasteiger partial charge in [-0.1, -0.05) is 62.4 Å². The Morgan fingerprint density at radius 3 is 1.98 bits per heavy atom. The van der Waals surface area contributed by atoms with Gasteiger partial charge in [-0.15, -0.1) is 11.3 Å². The standard InChI is InChI=1S/C38H31N3S/c1-24-17-32(18-25(2)26(24)3)41(30-13-11-29(12-14-30)28-9-7-6-8-10-28)31-15-16-34-35(20-31)38(4,5)36-21-33(42-37(34)36)19-27(22-39)23-40/h6-21H,1-5H3. The summed E-state index contributed by atoms with van der Waals surface area (Å²) in [4.78, 5) is 4.51. The molecule has 1 aromatic heterocycles. The summed E-state index contributed by atoms with van der Waals surface area (Å²) < 4.78 is 0. The molecule has 0 N–H and O–H groups in total. The largest absolute Gasteiger partial charge is 0.310 e. The van der Waals surface area contributed by atoms with Crippen LogP contribution in [-0.2, 0) is 5.41 Å². The van der Waals surface area contributed by atoms with Crippen LogP contribution < -0.4 is 4.90 Å². The molecule has 0 saturated carbocycles. The predicted octanol–water partition coefficient (Wildman–Crippen LogP) is 10.5. The molecular formula is C38H31N3S. The van der Waals surface area contributed by atoms with Crippen LogP contribution in [0.25, 0.3) is 27.6 Å². The van der Waals surface area contributed by atoms with Crippen LogP contribution in [0.1, 0.15) is 46.5 Å². The zero-order valence-corrected chi connectivity index (χ0v) is 25.3. The average Bonchev–Trinajstić information content (AvgIpc) is 3.51. The van der Waals surface area contributed by atoms with Crippen molar-refractivity contribution in [1.82, 2.24) is 0 Å². The number of benzene rings is 4. The molecule has 3 nitrogen and oxygen atoms in total. The summed E-state index contributed by atoms with van der Waals surface area (Å²) in [6.45, 7) is 11.1. The maximum atomic E-state index is 9.25. The van der Waals surface area contributed by atoms with E-state index in [1.807, 2.05) is 18.2 Å². The number of thiophene rings is 1. The minimum Gasteiger partial charge on any atom is -0.310 e. The van der Waals surface area contributed by atoms with E-state index in [9.17, 15) is 10.5 Å². The van der Waals surface area contributed by atoms with Gasteiger partial charge in [-0.3, -0.25) is 0 Å². The summed E-state index contributed by atoms with van der Waals surface area (Å²) in [6, 6.07) is 36.7. The highest BCUT2D eigenvalue weighted by Crippen LogP contribution is 2.54. The van der Waals surface area contributed by atoms with Crippen molar-refractivity contribution in [1.29, 1.82) is 10.5 Å². The fourth-order valence-corrected chi connectivity index (χ4v) is 7.23. The van der Waals surface area contributed by atoms with Gasteiger partial charge >= 0.3 is 0 Å². The normalized spacial score (nSPS) is 12.5. The molecule has 0 radical (unpaired) electrons. The summed E-state index contributed by atoms with van der Waals surface area (Å²) >= 11 is 1.65. The lowest BCUT2D eigenvalue weighted by Crippen LogP contribution is -2.16. The van der Waals surface area contributed by atoms with E-state index in [1.54, 1.807) is 17.4 Å². The number of fused-ring (bicyclic) bond motifs is 3. The molecule has 0 saturated heterocycles. The Kier molecular flexibility index (Phi) is 6.82. The molecular weight excluding hydrogens is 531 g/mol. The van der Waals surface area contributed by atoms with Crippen LogP contribution in [0, 0.1) is 43.4 Å². The van der Waals surface area contributed by atoms with Gasteiger partial charge in [0.1, 0.15) is 17.7 Å². The lowest BCUT2D eigenvalue weighted by molar-refractivity contribution is 0.662. The van der Waals surface area contributed by atoms with Gasteiger partial charge in [0, 0.05) is 32.2 Å². The van der Waals surface area contributed by atoms with Gasteiger partial charge in [0.25, 0.3) is 0 Å². The van der Waals surface area contributed by atoms with E-state index in [2.05, 4.69) is 124 Å². The lowest BCUT2D eigenvalue weighted by Gasteiger charge is -2.29. The number of rotatable bonds is 5. The molecule has 4 aromatic carbocycles. The Morgan fingerprint density at radius 1 is 0.714 bits per heavy atom. The molecule has 0 atom stereocenters. The van der Waals surface area contributed by atoms with Gasteiger partial charge in [0.05, 0.1) is 0 Å². The lowest BCUT2D eigenvalue weighted by atomic mass is 9.82. The van der Waals surface area contributed by atoms with Crippen LogP contribution in [0.3, 0.4) is 0 Å². The van der Waals surface area contributed by atoms with Crippen molar-refractivity contribution in [3.63, 3.8) is 0 Å². The second-order valence-electron chi connectivity index (χ2n) is 11.5. The van der Waals surface area contributed by atoms with Gasteiger partial charge < -0.3 is 4.90 Å². The molecule has 42 heavy (non-hydrogen) atoms. The maximum absolute atomic E-state index is 9.25. The molecule has 0 amide bonds. The monoisotopic (exact) mass is 561 g/mol. The third-order valence-corrected chi connectivity index (χ3v) is 9.65. The number of hydrogen-bond donors (Lipinski definition) is 0. The Hall–Kier alpha value is -4.90. The number of allylic oxidation sites excluding steroid dienone is 1. The van der Waals surface area contributed by atoms with E-state index in [0.29, 0.717) is 0 Å². The van der Waals surface area contributed by atoms with E-state index in [-0.39, 0.29) is 11.0 Å². The zero-order chi connectivity index (χ0) is 29.6. The van der Waals surface area contributed by atoms with E-state index in [0.717, 1.165) is 21.9 Å². The first-order valence-corrected chi connectivity index (χ1v) is 14.9. The van der Waals surface area contributed by atoms with Crippen molar-refractivity contribution in [2.24, 2.45) is 0 Å². The number of nitrogens with zero attached hydrogens (tertiary/aromatic N) is 3. The van der Waals surface area contributed by atoms with Crippen LogP contribution in [0.15, 0.2) is 96.6 Å². The second-order valence-corrected chi connectivity index (χ2v) is 12.6.